The van der Waals surface area contributed by atoms with Crippen LogP contribution in [0, 0.1) is 0 Å². The average molecular weight is 390 g/mol. The molecule has 3 rings (SSSR count). The van der Waals surface area contributed by atoms with Crippen molar-refractivity contribution in [3.8, 4) is 0 Å². The highest BCUT2D eigenvalue weighted by Gasteiger charge is 2.35. The summed E-state index contributed by atoms with van der Waals surface area (Å²) in [6.45, 7) is -0.599. The van der Waals surface area contributed by atoms with Crippen LogP contribution in [0.5, 0.6) is 0 Å². The van der Waals surface area contributed by atoms with E-state index >= 15 is 0 Å². The van der Waals surface area contributed by atoms with Crippen LogP contribution in [0.25, 0.3) is 0 Å². The number of sulfone groups is 1. The minimum Gasteiger partial charge on any atom is -0.452 e. The van der Waals surface area contributed by atoms with Gasteiger partial charge in [-0.3, -0.25) is 9.59 Å². The number of nitrogens with zero attached hydrogens (tertiary/aromatic N) is 1. The van der Waals surface area contributed by atoms with Crippen LogP contribution >= 0.6 is 0 Å². The van der Waals surface area contributed by atoms with Gasteiger partial charge < -0.3 is 14.6 Å². The van der Waals surface area contributed by atoms with Crippen molar-refractivity contribution >= 4 is 27.4 Å². The summed E-state index contributed by atoms with van der Waals surface area (Å²) in [6, 6.07) is 10.9. The predicted octanol–water partition coefficient (Wildman–Crippen LogP) is 0.752. The molecule has 1 aliphatic rings. The lowest BCUT2D eigenvalue weighted by atomic mass is 10.2. The van der Waals surface area contributed by atoms with Crippen LogP contribution in [-0.4, -0.2) is 49.4 Å². The summed E-state index contributed by atoms with van der Waals surface area (Å²) in [4.78, 5) is 40.1. The van der Waals surface area contributed by atoms with Gasteiger partial charge in [0.1, 0.15) is 5.56 Å². The largest absolute Gasteiger partial charge is 0.452 e. The number of benzene rings is 1. The standard InChI is InChI=1S/C18H18N2O6S/c21-16(11-26-18(23)15-7-4-9-19-17(15)22)20(13-5-2-1-3-6-13)14-8-10-27(24,25)12-14/h1-7,9,14H,8,10-12H2,(H,19,22)/t14-/m0/s1. The zero-order valence-corrected chi connectivity index (χ0v) is 15.1. The number of esters is 1. The molecule has 0 aliphatic carbocycles. The minimum atomic E-state index is -3.21. The second kappa shape index (κ2) is 7.75. The monoisotopic (exact) mass is 390 g/mol. The summed E-state index contributed by atoms with van der Waals surface area (Å²) in [6.07, 6.45) is 1.69. The van der Waals surface area contributed by atoms with Gasteiger partial charge in [0.15, 0.2) is 16.4 Å². The van der Waals surface area contributed by atoms with Crippen LogP contribution in [0.3, 0.4) is 0 Å². The van der Waals surface area contributed by atoms with Crippen molar-refractivity contribution in [3.63, 3.8) is 0 Å². The van der Waals surface area contributed by atoms with E-state index in [9.17, 15) is 22.8 Å². The van der Waals surface area contributed by atoms with Crippen molar-refractivity contribution in [1.29, 1.82) is 0 Å². The molecule has 2 aromatic rings. The lowest BCUT2D eigenvalue weighted by Crippen LogP contribution is -2.43. The third-order valence-electron chi connectivity index (χ3n) is 4.24. The van der Waals surface area contributed by atoms with Crippen molar-refractivity contribution in [2.75, 3.05) is 23.0 Å². The molecular formula is C18H18N2O6S. The molecule has 0 saturated carbocycles. The maximum Gasteiger partial charge on any atom is 0.344 e. The first-order chi connectivity index (χ1) is 12.9. The van der Waals surface area contributed by atoms with Gasteiger partial charge in [0.05, 0.1) is 17.5 Å². The van der Waals surface area contributed by atoms with E-state index in [1.165, 1.54) is 23.2 Å². The number of rotatable bonds is 5. The highest BCUT2D eigenvalue weighted by Crippen LogP contribution is 2.24. The predicted molar refractivity (Wildman–Crippen MR) is 98.3 cm³/mol. The fourth-order valence-electron chi connectivity index (χ4n) is 2.98. The number of anilines is 1. The SMILES string of the molecule is O=C(OCC(=O)N(c1ccccc1)[C@H]1CCS(=O)(=O)C1)c1ccc[nH]c1=O. The molecule has 9 heteroatoms. The minimum absolute atomic E-state index is 0.00740. The molecule has 27 heavy (non-hydrogen) atoms. The molecule has 1 amide bonds. The Bertz CT molecular complexity index is 1000. The summed E-state index contributed by atoms with van der Waals surface area (Å²) in [5.41, 5.74) is -0.296. The first kappa shape index (κ1) is 18.8. The maximum absolute atomic E-state index is 12.7. The zero-order chi connectivity index (χ0) is 19.4. The second-order valence-electron chi connectivity index (χ2n) is 6.15. The second-order valence-corrected chi connectivity index (χ2v) is 8.37. The van der Waals surface area contributed by atoms with Gasteiger partial charge in [0.25, 0.3) is 11.5 Å². The number of carbonyl (C=O) groups excluding carboxylic acids is 2. The number of carbonyl (C=O) groups is 2. The molecule has 0 spiro atoms. The van der Waals surface area contributed by atoms with Gasteiger partial charge in [-0.15, -0.1) is 0 Å². The van der Waals surface area contributed by atoms with E-state index in [4.69, 9.17) is 4.74 Å². The summed E-state index contributed by atoms with van der Waals surface area (Å²) in [5.74, 6) is -1.60. The van der Waals surface area contributed by atoms with Gasteiger partial charge in [0, 0.05) is 11.9 Å². The number of nitrogens with one attached hydrogen (secondary N) is 1. The average Bonchev–Trinajstić information content (AvgIpc) is 3.00. The smallest absolute Gasteiger partial charge is 0.344 e. The summed E-state index contributed by atoms with van der Waals surface area (Å²) in [7, 11) is -3.21. The molecule has 0 radical (unpaired) electrons. The van der Waals surface area contributed by atoms with E-state index in [-0.39, 0.29) is 17.1 Å². The van der Waals surface area contributed by atoms with Crippen molar-refractivity contribution in [2.45, 2.75) is 12.5 Å². The normalized spacial score (nSPS) is 18.0. The Kier molecular flexibility index (Phi) is 5.41. The molecule has 1 atom stereocenters. The number of amides is 1. The van der Waals surface area contributed by atoms with Gasteiger partial charge in [-0.25, -0.2) is 13.2 Å². The molecule has 1 saturated heterocycles. The van der Waals surface area contributed by atoms with Gasteiger partial charge in [-0.05, 0) is 30.7 Å². The number of para-hydroxylation sites is 1. The summed E-state index contributed by atoms with van der Waals surface area (Å²) >= 11 is 0. The first-order valence-corrected chi connectivity index (χ1v) is 10.1. The lowest BCUT2D eigenvalue weighted by molar-refractivity contribution is -0.122. The number of aromatic amines is 1. The summed E-state index contributed by atoms with van der Waals surface area (Å²) in [5, 5.41) is 0. The first-order valence-electron chi connectivity index (χ1n) is 8.30. The fourth-order valence-corrected chi connectivity index (χ4v) is 4.68. The summed E-state index contributed by atoms with van der Waals surface area (Å²) < 4.78 is 28.6. The third kappa shape index (κ3) is 4.43. The number of aromatic nitrogens is 1. The van der Waals surface area contributed by atoms with E-state index in [2.05, 4.69) is 4.98 Å². The number of ether oxygens (including phenoxy) is 1. The molecule has 1 aliphatic heterocycles. The van der Waals surface area contributed by atoms with Gasteiger partial charge in [-0.2, -0.15) is 0 Å². The lowest BCUT2D eigenvalue weighted by Gasteiger charge is -2.28. The molecule has 1 N–H and O–H groups in total. The third-order valence-corrected chi connectivity index (χ3v) is 5.99. The van der Waals surface area contributed by atoms with Crippen LogP contribution in [-0.2, 0) is 19.4 Å². The van der Waals surface area contributed by atoms with Crippen LogP contribution < -0.4 is 10.5 Å². The van der Waals surface area contributed by atoms with Crippen molar-refractivity contribution in [3.05, 3.63) is 64.6 Å². The van der Waals surface area contributed by atoms with Gasteiger partial charge >= 0.3 is 5.97 Å². The molecule has 1 fully saturated rings. The molecule has 2 heterocycles. The van der Waals surface area contributed by atoms with Crippen molar-refractivity contribution < 1.29 is 22.7 Å². The van der Waals surface area contributed by atoms with Crippen LogP contribution in [0.4, 0.5) is 5.69 Å². The van der Waals surface area contributed by atoms with Crippen LogP contribution in [0.1, 0.15) is 16.8 Å². The molecule has 1 aromatic carbocycles. The molecule has 8 nitrogen and oxygen atoms in total. The Labute approximate surface area is 155 Å². The molecule has 0 unspecified atom stereocenters. The van der Waals surface area contributed by atoms with E-state index < -0.39 is 39.9 Å². The molecule has 142 valence electrons. The Morgan fingerprint density at radius 3 is 2.52 bits per heavy atom. The molecule has 0 bridgehead atoms. The highest BCUT2D eigenvalue weighted by atomic mass is 32.2. The quantitative estimate of drug-likeness (QED) is 0.754. The van der Waals surface area contributed by atoms with E-state index in [1.807, 2.05) is 0 Å². The van der Waals surface area contributed by atoms with Gasteiger partial charge in [-0.1, -0.05) is 18.2 Å². The Balaban J connectivity index is 1.77. The van der Waals surface area contributed by atoms with Gasteiger partial charge in [0.2, 0.25) is 0 Å². The highest BCUT2D eigenvalue weighted by molar-refractivity contribution is 7.91. The van der Waals surface area contributed by atoms with E-state index in [0.29, 0.717) is 12.1 Å². The fraction of sp³-hybridized carbons (Fsp3) is 0.278. The van der Waals surface area contributed by atoms with E-state index in [1.54, 1.807) is 30.3 Å². The number of H-pyrrole nitrogens is 1. The van der Waals surface area contributed by atoms with Crippen molar-refractivity contribution in [2.24, 2.45) is 0 Å². The van der Waals surface area contributed by atoms with Crippen LogP contribution in [0.2, 0.25) is 0 Å². The Morgan fingerprint density at radius 2 is 1.89 bits per heavy atom. The molecular weight excluding hydrogens is 372 g/mol. The topological polar surface area (TPSA) is 114 Å². The Morgan fingerprint density at radius 1 is 1.15 bits per heavy atom. The number of hydrogen-bond donors (Lipinski definition) is 1. The zero-order valence-electron chi connectivity index (χ0n) is 14.3. The maximum atomic E-state index is 12.7. The van der Waals surface area contributed by atoms with Crippen LogP contribution in [0.15, 0.2) is 53.5 Å². The van der Waals surface area contributed by atoms with E-state index in [0.717, 1.165) is 0 Å². The number of pyridine rings is 1. The molecule has 1 aromatic heterocycles. The number of hydrogen-bond acceptors (Lipinski definition) is 6. The Hall–Kier alpha value is -2.94. The van der Waals surface area contributed by atoms with Crippen molar-refractivity contribution in [1.82, 2.24) is 4.98 Å².